The lowest BCUT2D eigenvalue weighted by Crippen LogP contribution is -2.40. The molecule has 0 radical (unpaired) electrons. The molecule has 0 saturated carbocycles. The number of rotatable bonds is 4. The predicted octanol–water partition coefficient (Wildman–Crippen LogP) is 2.39. The Morgan fingerprint density at radius 1 is 1.18 bits per heavy atom. The van der Waals surface area contributed by atoms with Gasteiger partial charge in [0, 0.05) is 38.1 Å². The van der Waals surface area contributed by atoms with Crippen molar-refractivity contribution in [2.24, 2.45) is 23.5 Å². The summed E-state index contributed by atoms with van der Waals surface area (Å²) in [5.41, 5.74) is 5.05. The lowest BCUT2D eigenvalue weighted by Gasteiger charge is -2.37. The van der Waals surface area contributed by atoms with Crippen LogP contribution in [0, 0.1) is 29.1 Å². The SMILES string of the molecule is N#Cc1ccc(N2CCC(C3CN(C(=O)c4ccn[nH]4)CC3C(N)=O)CC2)cc1C(F)(F)F. The number of anilines is 1. The van der Waals surface area contributed by atoms with E-state index in [2.05, 4.69) is 10.2 Å². The summed E-state index contributed by atoms with van der Waals surface area (Å²) in [6.45, 7) is 1.64. The van der Waals surface area contributed by atoms with Gasteiger partial charge in [-0.3, -0.25) is 14.7 Å². The maximum atomic E-state index is 13.3. The molecule has 2 aliphatic heterocycles. The monoisotopic (exact) mass is 460 g/mol. The van der Waals surface area contributed by atoms with Crippen molar-refractivity contribution >= 4 is 17.5 Å². The highest BCUT2D eigenvalue weighted by atomic mass is 19.4. The van der Waals surface area contributed by atoms with Crippen LogP contribution in [0.15, 0.2) is 30.5 Å². The van der Waals surface area contributed by atoms with Crippen molar-refractivity contribution in [2.45, 2.75) is 19.0 Å². The molecular weight excluding hydrogens is 437 g/mol. The van der Waals surface area contributed by atoms with Gasteiger partial charge in [0.1, 0.15) is 5.69 Å². The summed E-state index contributed by atoms with van der Waals surface area (Å²) in [4.78, 5) is 28.3. The minimum Gasteiger partial charge on any atom is -0.372 e. The van der Waals surface area contributed by atoms with Crippen LogP contribution in [0.3, 0.4) is 0 Å². The average molecular weight is 460 g/mol. The number of nitrogens with two attached hydrogens (primary N) is 1. The molecule has 2 aromatic rings. The number of piperidine rings is 1. The van der Waals surface area contributed by atoms with E-state index >= 15 is 0 Å². The number of H-pyrrole nitrogens is 1. The van der Waals surface area contributed by atoms with Gasteiger partial charge >= 0.3 is 6.18 Å². The molecule has 2 saturated heterocycles. The Balaban J connectivity index is 1.45. The third-order valence-corrected chi connectivity index (χ3v) is 6.69. The summed E-state index contributed by atoms with van der Waals surface area (Å²) in [7, 11) is 0. The van der Waals surface area contributed by atoms with Crippen LogP contribution in [0.2, 0.25) is 0 Å². The summed E-state index contributed by atoms with van der Waals surface area (Å²) < 4.78 is 40.0. The summed E-state index contributed by atoms with van der Waals surface area (Å²) in [5.74, 6) is -1.16. The molecule has 3 heterocycles. The number of aromatic nitrogens is 2. The first-order valence-corrected chi connectivity index (χ1v) is 10.6. The standard InChI is InChI=1S/C22H23F3N6O2/c23-22(24,25)18-9-15(2-1-14(18)10-26)30-7-4-13(5-8-30)16-11-31(12-17(16)20(27)32)21(33)19-3-6-28-29-19/h1-3,6,9,13,16-17H,4-5,7-8,11-12H2,(H2,27,32)(H,28,29). The third-order valence-electron chi connectivity index (χ3n) is 6.69. The van der Waals surface area contributed by atoms with Crippen molar-refractivity contribution in [3.63, 3.8) is 0 Å². The highest BCUT2D eigenvalue weighted by Gasteiger charge is 2.43. The van der Waals surface area contributed by atoms with Gasteiger partial charge in [0.2, 0.25) is 5.91 Å². The van der Waals surface area contributed by atoms with Gasteiger partial charge in [-0.1, -0.05) is 0 Å². The van der Waals surface area contributed by atoms with E-state index in [0.29, 0.717) is 43.9 Å². The fraction of sp³-hybridized carbons (Fsp3) is 0.455. The Labute approximate surface area is 188 Å². The van der Waals surface area contributed by atoms with Crippen molar-refractivity contribution in [2.75, 3.05) is 31.1 Å². The second kappa shape index (κ2) is 8.77. The van der Waals surface area contributed by atoms with Crippen molar-refractivity contribution < 1.29 is 22.8 Å². The second-order valence-electron chi connectivity index (χ2n) is 8.52. The number of hydrogen-bond acceptors (Lipinski definition) is 5. The highest BCUT2D eigenvalue weighted by molar-refractivity contribution is 5.93. The van der Waals surface area contributed by atoms with E-state index in [1.807, 2.05) is 4.90 Å². The molecule has 3 N–H and O–H groups in total. The van der Waals surface area contributed by atoms with Gasteiger partial charge in [-0.25, -0.2) is 0 Å². The third kappa shape index (κ3) is 4.51. The first-order valence-electron chi connectivity index (χ1n) is 10.6. The molecule has 8 nitrogen and oxygen atoms in total. The van der Waals surface area contributed by atoms with Crippen molar-refractivity contribution in [1.82, 2.24) is 15.1 Å². The van der Waals surface area contributed by atoms with E-state index in [1.165, 1.54) is 18.3 Å². The zero-order chi connectivity index (χ0) is 23.8. The molecule has 33 heavy (non-hydrogen) atoms. The van der Waals surface area contributed by atoms with E-state index < -0.39 is 29.1 Å². The lowest BCUT2D eigenvalue weighted by molar-refractivity contribution is -0.137. The fourth-order valence-electron chi connectivity index (χ4n) is 4.97. The molecule has 0 aliphatic carbocycles. The number of benzene rings is 1. The van der Waals surface area contributed by atoms with E-state index in [-0.39, 0.29) is 24.3 Å². The topological polar surface area (TPSA) is 119 Å². The van der Waals surface area contributed by atoms with Crippen LogP contribution in [0.4, 0.5) is 18.9 Å². The fourth-order valence-corrected chi connectivity index (χ4v) is 4.97. The number of likely N-dealkylation sites (tertiary alicyclic amines) is 1. The first-order chi connectivity index (χ1) is 15.7. The molecule has 11 heteroatoms. The summed E-state index contributed by atoms with van der Waals surface area (Å²) in [6, 6.07) is 6.91. The molecule has 4 rings (SSSR count). The Hall–Kier alpha value is -3.55. The molecule has 2 atom stereocenters. The van der Waals surface area contributed by atoms with Crippen LogP contribution in [-0.2, 0) is 11.0 Å². The Kier molecular flexibility index (Phi) is 6.01. The molecule has 2 amide bonds. The number of carbonyl (C=O) groups excluding carboxylic acids is 2. The smallest absolute Gasteiger partial charge is 0.372 e. The zero-order valence-corrected chi connectivity index (χ0v) is 17.7. The molecule has 1 aromatic heterocycles. The van der Waals surface area contributed by atoms with Crippen molar-refractivity contribution in [1.29, 1.82) is 5.26 Å². The Morgan fingerprint density at radius 3 is 2.48 bits per heavy atom. The number of primary amides is 1. The van der Waals surface area contributed by atoms with Crippen LogP contribution in [0.5, 0.6) is 0 Å². The quantitative estimate of drug-likeness (QED) is 0.726. The molecule has 2 aliphatic rings. The predicted molar refractivity (Wildman–Crippen MR) is 112 cm³/mol. The number of nitrogens with one attached hydrogen (secondary N) is 1. The van der Waals surface area contributed by atoms with Crippen molar-refractivity contribution in [3.8, 4) is 6.07 Å². The maximum Gasteiger partial charge on any atom is 0.417 e. The van der Waals surface area contributed by atoms with Crippen LogP contribution in [0.1, 0.15) is 34.5 Å². The number of aromatic amines is 1. The zero-order valence-electron chi connectivity index (χ0n) is 17.7. The van der Waals surface area contributed by atoms with Crippen LogP contribution in [0.25, 0.3) is 0 Å². The maximum absolute atomic E-state index is 13.3. The highest BCUT2D eigenvalue weighted by Crippen LogP contribution is 2.39. The number of halogens is 3. The lowest BCUT2D eigenvalue weighted by atomic mass is 9.78. The molecule has 2 unspecified atom stereocenters. The summed E-state index contributed by atoms with van der Waals surface area (Å²) >= 11 is 0. The van der Waals surface area contributed by atoms with Gasteiger partial charge in [0.15, 0.2) is 0 Å². The number of nitrogens with zero attached hydrogens (tertiary/aromatic N) is 4. The van der Waals surface area contributed by atoms with Gasteiger partial charge in [-0.15, -0.1) is 0 Å². The first kappa shape index (κ1) is 22.6. The molecule has 174 valence electrons. The normalized spacial score (nSPS) is 21.8. The summed E-state index contributed by atoms with van der Waals surface area (Å²) in [6.07, 6.45) is -1.82. The molecule has 0 bridgehead atoms. The number of hydrogen-bond donors (Lipinski definition) is 2. The number of nitriles is 1. The van der Waals surface area contributed by atoms with E-state index in [9.17, 15) is 22.8 Å². The van der Waals surface area contributed by atoms with Crippen LogP contribution >= 0.6 is 0 Å². The molecule has 1 aromatic carbocycles. The number of alkyl halides is 3. The van der Waals surface area contributed by atoms with E-state index in [4.69, 9.17) is 11.0 Å². The van der Waals surface area contributed by atoms with Crippen molar-refractivity contribution in [3.05, 3.63) is 47.3 Å². The van der Waals surface area contributed by atoms with Gasteiger partial charge in [0.25, 0.3) is 5.91 Å². The van der Waals surface area contributed by atoms with Gasteiger partial charge in [0.05, 0.1) is 23.1 Å². The minimum atomic E-state index is -4.61. The summed E-state index contributed by atoms with van der Waals surface area (Å²) in [5, 5.41) is 15.4. The molecular formula is C22H23F3N6O2. The largest absolute Gasteiger partial charge is 0.417 e. The second-order valence-corrected chi connectivity index (χ2v) is 8.52. The number of amides is 2. The van der Waals surface area contributed by atoms with Gasteiger partial charge in [-0.05, 0) is 48.9 Å². The van der Waals surface area contributed by atoms with E-state index in [0.717, 1.165) is 6.07 Å². The number of carbonyl (C=O) groups is 2. The van der Waals surface area contributed by atoms with Gasteiger partial charge in [-0.2, -0.15) is 23.5 Å². The van der Waals surface area contributed by atoms with Gasteiger partial charge < -0.3 is 15.5 Å². The van der Waals surface area contributed by atoms with Crippen LogP contribution < -0.4 is 10.6 Å². The molecule has 0 spiro atoms. The Bertz CT molecular complexity index is 1070. The van der Waals surface area contributed by atoms with E-state index in [1.54, 1.807) is 17.0 Å². The molecule has 2 fully saturated rings. The minimum absolute atomic E-state index is 0.108. The van der Waals surface area contributed by atoms with Crippen LogP contribution in [-0.4, -0.2) is 53.1 Å². The Morgan fingerprint density at radius 2 is 1.91 bits per heavy atom. The average Bonchev–Trinajstić information content (AvgIpc) is 3.48.